The number of hydrogen-bond acceptors (Lipinski definition) is 9. The molecule has 0 aliphatic rings. The number of halogens is 3. The van der Waals surface area contributed by atoms with Crippen LogP contribution in [0.25, 0.3) is 34.3 Å². The Kier molecular flexibility index (Phi) is 6.70. The number of aromatic nitrogens is 6. The molecule has 200 valence electrons. The maximum atomic E-state index is 14.0. The zero-order valence-electron chi connectivity index (χ0n) is 20.5. The summed E-state index contributed by atoms with van der Waals surface area (Å²) in [7, 11) is 1.70. The second-order valence-corrected chi connectivity index (χ2v) is 8.61. The lowest BCUT2D eigenvalue weighted by atomic mass is 10.1. The zero-order valence-corrected chi connectivity index (χ0v) is 20.5. The predicted molar refractivity (Wildman–Crippen MR) is 127 cm³/mol. The van der Waals surface area contributed by atoms with E-state index in [4.69, 9.17) is 9.05 Å². The van der Waals surface area contributed by atoms with Gasteiger partial charge >= 0.3 is 6.18 Å². The first-order chi connectivity index (χ1) is 18.6. The number of nitrogens with zero attached hydrogens (tertiary/aromatic N) is 7. The van der Waals surface area contributed by atoms with E-state index in [0.29, 0.717) is 22.0 Å². The Labute approximate surface area is 218 Å². The first kappa shape index (κ1) is 25.8. The van der Waals surface area contributed by atoms with Crippen LogP contribution in [-0.4, -0.2) is 46.2 Å². The molecule has 3 aromatic heterocycles. The van der Waals surface area contributed by atoms with E-state index in [9.17, 15) is 23.2 Å². The van der Waals surface area contributed by atoms with Crippen molar-refractivity contribution in [2.75, 3.05) is 0 Å². The van der Waals surface area contributed by atoms with E-state index in [-0.39, 0.29) is 17.8 Å². The summed E-state index contributed by atoms with van der Waals surface area (Å²) < 4.78 is 53.5. The molecule has 0 saturated heterocycles. The Hall–Kier alpha value is -4.85. The van der Waals surface area contributed by atoms with Crippen molar-refractivity contribution in [2.24, 2.45) is 7.05 Å². The first-order valence-electron chi connectivity index (χ1n) is 11.5. The summed E-state index contributed by atoms with van der Waals surface area (Å²) in [6, 6.07) is 13.4. The fourth-order valence-electron chi connectivity index (χ4n) is 3.95. The first-order valence-corrected chi connectivity index (χ1v) is 11.5. The number of benzene rings is 2. The molecule has 1 atom stereocenters. The lowest BCUT2D eigenvalue weighted by molar-refractivity contribution is -0.175. The Bertz CT molecular complexity index is 1590. The van der Waals surface area contributed by atoms with Crippen molar-refractivity contribution in [3.05, 3.63) is 77.9 Å². The molecule has 0 bridgehead atoms. The highest BCUT2D eigenvalue weighted by Gasteiger charge is 2.43. The standard InChI is InChI=1S/C25H20F3N7O4/c1-14(23-31-29-13-34(23)2)35(37)18(36)12-15-8-10-17(11-9-15)22-30-24(39-33-22)21-19(25(26,27)28)20(32-38-21)16-6-4-3-5-7-16/h3-11,13-14,37H,12H2,1-2H3. The van der Waals surface area contributed by atoms with Crippen LogP contribution in [0.1, 0.15) is 29.9 Å². The molecule has 11 nitrogen and oxygen atoms in total. The molecule has 39 heavy (non-hydrogen) atoms. The summed E-state index contributed by atoms with van der Waals surface area (Å²) in [5.41, 5.74) is -0.304. The maximum absolute atomic E-state index is 14.0. The van der Waals surface area contributed by atoms with E-state index in [0.717, 1.165) is 0 Å². The molecule has 0 spiro atoms. The van der Waals surface area contributed by atoms with Gasteiger partial charge in [-0.25, -0.2) is 5.06 Å². The molecule has 0 aliphatic carbocycles. The monoisotopic (exact) mass is 539 g/mol. The molecule has 2 aromatic carbocycles. The van der Waals surface area contributed by atoms with Gasteiger partial charge in [0.15, 0.2) is 5.82 Å². The van der Waals surface area contributed by atoms with E-state index in [2.05, 4.69) is 25.5 Å². The largest absolute Gasteiger partial charge is 0.422 e. The summed E-state index contributed by atoms with van der Waals surface area (Å²) in [5, 5.41) is 25.9. The van der Waals surface area contributed by atoms with Crippen LogP contribution in [0.5, 0.6) is 0 Å². The third kappa shape index (κ3) is 5.13. The Balaban J connectivity index is 1.34. The van der Waals surface area contributed by atoms with Crippen molar-refractivity contribution in [1.29, 1.82) is 0 Å². The minimum atomic E-state index is -4.80. The number of alkyl halides is 3. The number of rotatable bonds is 7. The van der Waals surface area contributed by atoms with Crippen LogP contribution in [0, 0.1) is 0 Å². The zero-order chi connectivity index (χ0) is 27.7. The molecular weight excluding hydrogens is 519 g/mol. The Morgan fingerprint density at radius 3 is 2.41 bits per heavy atom. The normalized spacial score (nSPS) is 12.5. The second kappa shape index (κ2) is 10.1. The van der Waals surface area contributed by atoms with Crippen LogP contribution < -0.4 is 0 Å². The molecular formula is C25H20F3N7O4. The lowest BCUT2D eigenvalue weighted by Crippen LogP contribution is -2.32. The van der Waals surface area contributed by atoms with Crippen molar-refractivity contribution in [2.45, 2.75) is 25.6 Å². The molecule has 0 saturated carbocycles. The molecule has 1 N–H and O–H groups in total. The third-order valence-corrected chi connectivity index (χ3v) is 5.95. The van der Waals surface area contributed by atoms with Gasteiger partial charge in [-0.2, -0.15) is 18.2 Å². The highest BCUT2D eigenvalue weighted by molar-refractivity contribution is 5.78. The third-order valence-electron chi connectivity index (χ3n) is 5.95. The molecule has 1 unspecified atom stereocenters. The van der Waals surface area contributed by atoms with Crippen LogP contribution >= 0.6 is 0 Å². The molecule has 5 aromatic rings. The Morgan fingerprint density at radius 2 is 1.77 bits per heavy atom. The van der Waals surface area contributed by atoms with Gasteiger partial charge < -0.3 is 13.6 Å². The minimum absolute atomic E-state index is 0.00773. The number of carbonyl (C=O) groups excluding carboxylic acids is 1. The summed E-state index contributed by atoms with van der Waals surface area (Å²) in [6.07, 6.45) is -3.46. The van der Waals surface area contributed by atoms with Gasteiger partial charge in [-0.15, -0.1) is 10.2 Å². The maximum Gasteiger partial charge on any atom is 0.422 e. The van der Waals surface area contributed by atoms with Crippen LogP contribution in [0.2, 0.25) is 0 Å². The second-order valence-electron chi connectivity index (χ2n) is 8.61. The van der Waals surface area contributed by atoms with E-state index in [1.165, 1.54) is 18.5 Å². The fourth-order valence-corrected chi connectivity index (χ4v) is 3.95. The van der Waals surface area contributed by atoms with Crippen LogP contribution in [0.4, 0.5) is 13.2 Å². The molecule has 3 heterocycles. The minimum Gasteiger partial charge on any atom is -0.350 e. The molecule has 14 heteroatoms. The van der Waals surface area contributed by atoms with Crippen molar-refractivity contribution in [1.82, 2.24) is 35.1 Å². The smallest absolute Gasteiger partial charge is 0.350 e. The lowest BCUT2D eigenvalue weighted by Gasteiger charge is -2.21. The number of hydroxylamine groups is 2. The van der Waals surface area contributed by atoms with Gasteiger partial charge in [-0.05, 0) is 12.5 Å². The highest BCUT2D eigenvalue weighted by Crippen LogP contribution is 2.43. The van der Waals surface area contributed by atoms with Gasteiger partial charge in [-0.1, -0.05) is 64.9 Å². The van der Waals surface area contributed by atoms with Gasteiger partial charge in [-0.3, -0.25) is 10.0 Å². The van der Waals surface area contributed by atoms with Gasteiger partial charge in [0.05, 0.1) is 6.42 Å². The van der Waals surface area contributed by atoms with Crippen LogP contribution in [0.3, 0.4) is 0 Å². The van der Waals surface area contributed by atoms with Gasteiger partial charge in [0, 0.05) is 18.2 Å². The molecule has 0 aliphatic heterocycles. The summed E-state index contributed by atoms with van der Waals surface area (Å²) in [4.78, 5) is 16.6. The van der Waals surface area contributed by atoms with Gasteiger partial charge in [0.25, 0.3) is 11.8 Å². The van der Waals surface area contributed by atoms with Gasteiger partial charge in [0.1, 0.15) is 23.6 Å². The molecule has 0 fully saturated rings. The average Bonchev–Trinajstić information content (AvgIpc) is 3.68. The summed E-state index contributed by atoms with van der Waals surface area (Å²) >= 11 is 0. The molecule has 1 amide bonds. The van der Waals surface area contributed by atoms with E-state index in [1.54, 1.807) is 61.0 Å². The number of hydrogen-bond donors (Lipinski definition) is 1. The SMILES string of the molecule is CC(c1nncn1C)N(O)C(=O)Cc1ccc(-c2noc(-c3onc(-c4ccccc4)c3C(F)(F)F)n2)cc1. The van der Waals surface area contributed by atoms with Crippen LogP contribution in [0.15, 0.2) is 70.0 Å². The van der Waals surface area contributed by atoms with Gasteiger partial charge in [0.2, 0.25) is 11.6 Å². The fraction of sp³-hybridized carbons (Fsp3) is 0.200. The summed E-state index contributed by atoms with van der Waals surface area (Å²) in [5.74, 6) is -1.33. The van der Waals surface area contributed by atoms with E-state index < -0.39 is 41.0 Å². The quantitative estimate of drug-likeness (QED) is 0.230. The number of amides is 1. The van der Waals surface area contributed by atoms with Crippen molar-refractivity contribution < 1.29 is 32.2 Å². The topological polar surface area (TPSA) is 136 Å². The summed E-state index contributed by atoms with van der Waals surface area (Å²) in [6.45, 7) is 1.61. The van der Waals surface area contributed by atoms with Crippen molar-refractivity contribution in [3.63, 3.8) is 0 Å². The Morgan fingerprint density at radius 1 is 1.05 bits per heavy atom. The molecule has 0 radical (unpaired) electrons. The predicted octanol–water partition coefficient (Wildman–Crippen LogP) is 4.73. The van der Waals surface area contributed by atoms with Crippen LogP contribution in [-0.2, 0) is 24.4 Å². The number of aryl methyl sites for hydroxylation is 1. The number of carbonyl (C=O) groups is 1. The van der Waals surface area contributed by atoms with E-state index >= 15 is 0 Å². The van der Waals surface area contributed by atoms with E-state index in [1.807, 2.05) is 0 Å². The average molecular weight is 539 g/mol. The van der Waals surface area contributed by atoms with Crippen molar-refractivity contribution in [3.8, 4) is 34.3 Å². The van der Waals surface area contributed by atoms with Crippen molar-refractivity contribution >= 4 is 5.91 Å². The molecule has 5 rings (SSSR count). The highest BCUT2D eigenvalue weighted by atomic mass is 19.4.